The summed E-state index contributed by atoms with van der Waals surface area (Å²) in [4.78, 5) is 15.9. The summed E-state index contributed by atoms with van der Waals surface area (Å²) < 4.78 is 1.93. The molecule has 0 aliphatic rings. The number of nitrogens with one attached hydrogen (secondary N) is 2. The Morgan fingerprint density at radius 3 is 2.65 bits per heavy atom. The number of hydrogen-bond donors (Lipinski definition) is 2. The second-order valence-electron chi connectivity index (χ2n) is 6.48. The average Bonchev–Trinajstić information content (AvgIpc) is 3.23. The molecule has 1 aromatic carbocycles. The molecule has 0 fully saturated rings. The molecule has 2 aromatic heterocycles. The molecule has 0 bridgehead atoms. The van der Waals surface area contributed by atoms with Crippen molar-refractivity contribution in [3.63, 3.8) is 0 Å². The van der Waals surface area contributed by atoms with Gasteiger partial charge >= 0.3 is 0 Å². The minimum atomic E-state index is 0.0137. The normalized spacial score (nSPS) is 11.4. The number of aryl methyl sites for hydroxylation is 1. The number of amides is 1. The molecule has 0 aliphatic carbocycles. The second-order valence-corrected chi connectivity index (χ2v) is 7.51. The lowest BCUT2D eigenvalue weighted by atomic mass is 10.3. The third-order valence-electron chi connectivity index (χ3n) is 4.76. The lowest BCUT2D eigenvalue weighted by molar-refractivity contribution is -0.896. The standard InChI is InChI=1S/C20H26N4OS/c1-4-23(5-2)13-9-12-21-19(25)18-14-17-15(3)22-24(20(17)26-18)16-10-7-6-8-11-16/h6-8,10-11,14H,4-5,9,12-13H2,1-3H3,(H,21,25)/p+1. The largest absolute Gasteiger partial charge is 0.351 e. The topological polar surface area (TPSA) is 51.4 Å². The number of carbonyl (C=O) groups excluding carboxylic acids is 1. The minimum Gasteiger partial charge on any atom is -0.351 e. The van der Waals surface area contributed by atoms with Gasteiger partial charge in [-0.15, -0.1) is 11.3 Å². The van der Waals surface area contributed by atoms with Gasteiger partial charge < -0.3 is 10.2 Å². The van der Waals surface area contributed by atoms with Crippen LogP contribution < -0.4 is 10.2 Å². The van der Waals surface area contributed by atoms with Gasteiger partial charge in [0, 0.05) is 18.4 Å². The van der Waals surface area contributed by atoms with Crippen molar-refractivity contribution in [2.75, 3.05) is 26.2 Å². The van der Waals surface area contributed by atoms with Crippen LogP contribution in [0, 0.1) is 6.92 Å². The smallest absolute Gasteiger partial charge is 0.261 e. The highest BCUT2D eigenvalue weighted by molar-refractivity contribution is 7.20. The first-order valence-electron chi connectivity index (χ1n) is 9.30. The van der Waals surface area contributed by atoms with Crippen LogP contribution in [0.2, 0.25) is 0 Å². The van der Waals surface area contributed by atoms with Crippen molar-refractivity contribution in [1.29, 1.82) is 0 Å². The van der Waals surface area contributed by atoms with E-state index in [0.29, 0.717) is 0 Å². The van der Waals surface area contributed by atoms with E-state index in [1.54, 1.807) is 4.90 Å². The Bertz CT molecular complexity index is 865. The lowest BCUT2D eigenvalue weighted by Crippen LogP contribution is -3.11. The molecule has 3 rings (SSSR count). The predicted octanol–water partition coefficient (Wildman–Crippen LogP) is 2.44. The van der Waals surface area contributed by atoms with Gasteiger partial charge in [-0.25, -0.2) is 4.68 Å². The van der Waals surface area contributed by atoms with Crippen molar-refractivity contribution in [1.82, 2.24) is 15.1 Å². The van der Waals surface area contributed by atoms with E-state index in [1.807, 2.05) is 48.0 Å². The van der Waals surface area contributed by atoms with E-state index in [9.17, 15) is 4.79 Å². The van der Waals surface area contributed by atoms with Crippen molar-refractivity contribution in [3.05, 3.63) is 47.0 Å². The number of benzene rings is 1. The molecule has 0 radical (unpaired) electrons. The van der Waals surface area contributed by atoms with Crippen molar-refractivity contribution >= 4 is 27.5 Å². The number of rotatable bonds is 8. The Morgan fingerprint density at radius 2 is 1.96 bits per heavy atom. The Labute approximate surface area is 158 Å². The number of hydrogen-bond acceptors (Lipinski definition) is 3. The molecule has 0 saturated heterocycles. The number of thiophene rings is 1. The predicted molar refractivity (Wildman–Crippen MR) is 108 cm³/mol. The first-order valence-corrected chi connectivity index (χ1v) is 10.1. The summed E-state index contributed by atoms with van der Waals surface area (Å²) in [6.45, 7) is 10.5. The van der Waals surface area contributed by atoms with E-state index in [1.165, 1.54) is 11.3 Å². The van der Waals surface area contributed by atoms with Crippen molar-refractivity contribution in [2.24, 2.45) is 0 Å². The molecular weight excluding hydrogens is 344 g/mol. The van der Waals surface area contributed by atoms with Gasteiger partial charge in [-0.05, 0) is 39.0 Å². The Kier molecular flexibility index (Phi) is 6.06. The molecule has 138 valence electrons. The highest BCUT2D eigenvalue weighted by Gasteiger charge is 2.17. The van der Waals surface area contributed by atoms with Gasteiger partial charge in [-0.3, -0.25) is 4.79 Å². The van der Waals surface area contributed by atoms with Crippen LogP contribution in [0.25, 0.3) is 15.9 Å². The van der Waals surface area contributed by atoms with E-state index in [0.717, 1.165) is 59.1 Å². The van der Waals surface area contributed by atoms with Crippen molar-refractivity contribution in [3.8, 4) is 5.69 Å². The number of fused-ring (bicyclic) bond motifs is 1. The van der Waals surface area contributed by atoms with E-state index in [4.69, 9.17) is 0 Å². The maximum Gasteiger partial charge on any atom is 0.261 e. The highest BCUT2D eigenvalue weighted by atomic mass is 32.1. The number of aromatic nitrogens is 2. The average molecular weight is 372 g/mol. The zero-order valence-electron chi connectivity index (χ0n) is 15.7. The first kappa shape index (κ1) is 18.6. The minimum absolute atomic E-state index is 0.0137. The summed E-state index contributed by atoms with van der Waals surface area (Å²) in [5.41, 5.74) is 1.96. The summed E-state index contributed by atoms with van der Waals surface area (Å²) in [6.07, 6.45) is 1.00. The van der Waals surface area contributed by atoms with Crippen LogP contribution in [0.15, 0.2) is 36.4 Å². The van der Waals surface area contributed by atoms with Crippen LogP contribution in [-0.4, -0.2) is 41.9 Å². The van der Waals surface area contributed by atoms with Gasteiger partial charge in [-0.1, -0.05) is 18.2 Å². The van der Waals surface area contributed by atoms with Gasteiger partial charge in [0.2, 0.25) is 0 Å². The SMILES string of the molecule is CC[NH+](CC)CCCNC(=O)c1cc2c(C)nn(-c3ccccc3)c2s1. The van der Waals surface area contributed by atoms with E-state index in [-0.39, 0.29) is 5.91 Å². The summed E-state index contributed by atoms with van der Waals surface area (Å²) in [6, 6.07) is 12.0. The maximum atomic E-state index is 12.5. The van der Waals surface area contributed by atoms with Crippen LogP contribution in [-0.2, 0) is 0 Å². The Balaban J connectivity index is 1.70. The second kappa shape index (κ2) is 8.47. The van der Waals surface area contributed by atoms with Gasteiger partial charge in [-0.2, -0.15) is 5.10 Å². The zero-order chi connectivity index (χ0) is 18.5. The van der Waals surface area contributed by atoms with Crippen molar-refractivity contribution < 1.29 is 9.69 Å². The monoisotopic (exact) mass is 371 g/mol. The molecule has 0 spiro atoms. The third-order valence-corrected chi connectivity index (χ3v) is 5.87. The van der Waals surface area contributed by atoms with E-state index < -0.39 is 0 Å². The molecule has 0 unspecified atom stereocenters. The van der Waals surface area contributed by atoms with E-state index >= 15 is 0 Å². The molecule has 6 heteroatoms. The Morgan fingerprint density at radius 1 is 1.23 bits per heavy atom. The molecule has 0 atom stereocenters. The molecule has 2 heterocycles. The Hall–Kier alpha value is -2.18. The van der Waals surface area contributed by atoms with Gasteiger partial charge in [0.25, 0.3) is 5.91 Å². The van der Waals surface area contributed by atoms with Gasteiger partial charge in [0.15, 0.2) is 0 Å². The molecule has 1 amide bonds. The molecule has 5 nitrogen and oxygen atoms in total. The number of nitrogens with zero attached hydrogens (tertiary/aromatic N) is 2. The molecule has 0 aliphatic heterocycles. The fourth-order valence-corrected chi connectivity index (χ4v) is 4.23. The van der Waals surface area contributed by atoms with E-state index in [2.05, 4.69) is 24.3 Å². The van der Waals surface area contributed by atoms with Crippen LogP contribution in [0.1, 0.15) is 35.6 Å². The molecule has 3 aromatic rings. The number of carbonyl (C=O) groups is 1. The zero-order valence-corrected chi connectivity index (χ0v) is 16.5. The first-order chi connectivity index (χ1) is 12.6. The quantitative estimate of drug-likeness (QED) is 0.598. The van der Waals surface area contributed by atoms with Gasteiger partial charge in [0.05, 0.1) is 35.9 Å². The van der Waals surface area contributed by atoms with Crippen LogP contribution >= 0.6 is 11.3 Å². The highest BCUT2D eigenvalue weighted by Crippen LogP contribution is 2.30. The van der Waals surface area contributed by atoms with Crippen molar-refractivity contribution in [2.45, 2.75) is 27.2 Å². The summed E-state index contributed by atoms with van der Waals surface area (Å²) in [5.74, 6) is 0.0137. The van der Waals surface area contributed by atoms with Crippen LogP contribution in [0.5, 0.6) is 0 Å². The van der Waals surface area contributed by atoms with Crippen LogP contribution in [0.3, 0.4) is 0 Å². The number of quaternary nitrogens is 1. The summed E-state index contributed by atoms with van der Waals surface area (Å²) in [5, 5.41) is 8.74. The summed E-state index contributed by atoms with van der Waals surface area (Å²) in [7, 11) is 0. The molecule has 26 heavy (non-hydrogen) atoms. The van der Waals surface area contributed by atoms with Gasteiger partial charge in [0.1, 0.15) is 4.83 Å². The fourth-order valence-electron chi connectivity index (χ4n) is 3.13. The molecular formula is C20H27N4OS+. The lowest BCUT2D eigenvalue weighted by Gasteiger charge is -2.14. The molecule has 0 saturated carbocycles. The molecule has 2 N–H and O–H groups in total. The maximum absolute atomic E-state index is 12.5. The fraction of sp³-hybridized carbons (Fsp3) is 0.400. The third kappa shape index (κ3) is 3.97. The number of para-hydroxylation sites is 1. The summed E-state index contributed by atoms with van der Waals surface area (Å²) >= 11 is 1.50. The van der Waals surface area contributed by atoms with Crippen LogP contribution in [0.4, 0.5) is 0 Å².